The fourth-order valence-corrected chi connectivity index (χ4v) is 4.08. The van der Waals surface area contributed by atoms with Crippen LogP contribution in [0.15, 0.2) is 53.0 Å². The first kappa shape index (κ1) is 16.0. The van der Waals surface area contributed by atoms with E-state index in [1.165, 1.54) is 0 Å². The quantitative estimate of drug-likeness (QED) is 0.855. The Morgan fingerprint density at radius 1 is 1.10 bits per heavy atom. The number of nitrogens with one attached hydrogen (secondary N) is 1. The Morgan fingerprint density at radius 3 is 2.43 bits per heavy atom. The van der Waals surface area contributed by atoms with Crippen molar-refractivity contribution in [1.29, 1.82) is 0 Å². The second-order valence-corrected chi connectivity index (χ2v) is 7.69. The normalized spacial score (nSPS) is 12.9. The topological polar surface area (TPSA) is 46.2 Å². The summed E-state index contributed by atoms with van der Waals surface area (Å²) in [4.78, 5) is 0. The minimum Gasteiger partial charge on any atom is -0.282 e. The van der Waals surface area contributed by atoms with Gasteiger partial charge in [-0.05, 0) is 46.0 Å². The van der Waals surface area contributed by atoms with Crippen LogP contribution in [0.1, 0.15) is 24.0 Å². The van der Waals surface area contributed by atoms with Crippen molar-refractivity contribution < 1.29 is 8.42 Å². The molecule has 1 atom stereocenters. The molecular weight excluding hydrogens is 350 g/mol. The van der Waals surface area contributed by atoms with Gasteiger partial charge in [-0.25, -0.2) is 8.42 Å². The van der Waals surface area contributed by atoms with Gasteiger partial charge in [-0.1, -0.05) is 49.4 Å². The number of sulfonamides is 1. The molecule has 0 fully saturated rings. The molecule has 0 spiro atoms. The minimum atomic E-state index is -3.40. The van der Waals surface area contributed by atoms with E-state index in [0.717, 1.165) is 15.6 Å². The summed E-state index contributed by atoms with van der Waals surface area (Å²) < 4.78 is 28.1. The van der Waals surface area contributed by atoms with Crippen LogP contribution in [-0.2, 0) is 10.0 Å². The van der Waals surface area contributed by atoms with Crippen LogP contribution in [0.4, 0.5) is 5.69 Å². The lowest BCUT2D eigenvalue weighted by Gasteiger charge is -2.15. The van der Waals surface area contributed by atoms with Crippen molar-refractivity contribution in [1.82, 2.24) is 0 Å². The summed E-state index contributed by atoms with van der Waals surface area (Å²) in [5.41, 5.74) is 2.59. The first-order chi connectivity index (χ1) is 9.89. The highest BCUT2D eigenvalue weighted by Crippen LogP contribution is 2.27. The van der Waals surface area contributed by atoms with E-state index in [2.05, 4.69) is 20.7 Å². The van der Waals surface area contributed by atoms with Gasteiger partial charge in [-0.15, -0.1) is 0 Å². The third kappa shape index (κ3) is 4.32. The summed E-state index contributed by atoms with van der Waals surface area (Å²) in [6.45, 7) is 3.84. The van der Waals surface area contributed by atoms with E-state index < -0.39 is 10.0 Å². The molecule has 0 amide bonds. The highest BCUT2D eigenvalue weighted by molar-refractivity contribution is 9.10. The molecule has 0 saturated heterocycles. The summed E-state index contributed by atoms with van der Waals surface area (Å²) in [5, 5.41) is 0. The molecular formula is C16H18BrNO2S. The van der Waals surface area contributed by atoms with Crippen LogP contribution in [0.25, 0.3) is 0 Å². The van der Waals surface area contributed by atoms with Crippen LogP contribution in [0.3, 0.4) is 0 Å². The Hall–Kier alpha value is -1.33. The average Bonchev–Trinajstić information content (AvgIpc) is 2.44. The van der Waals surface area contributed by atoms with Gasteiger partial charge in [-0.2, -0.15) is 0 Å². The van der Waals surface area contributed by atoms with Gasteiger partial charge in [-0.3, -0.25) is 4.72 Å². The molecule has 2 aromatic carbocycles. The van der Waals surface area contributed by atoms with Crippen LogP contribution in [-0.4, -0.2) is 14.2 Å². The van der Waals surface area contributed by atoms with E-state index in [9.17, 15) is 8.42 Å². The molecule has 0 saturated carbocycles. The molecule has 0 aliphatic heterocycles. The van der Waals surface area contributed by atoms with Gasteiger partial charge in [0, 0.05) is 4.47 Å². The van der Waals surface area contributed by atoms with Gasteiger partial charge in [0.15, 0.2) is 0 Å². The fourth-order valence-electron chi connectivity index (χ4n) is 2.14. The lowest BCUT2D eigenvalue weighted by Crippen LogP contribution is -2.20. The molecule has 0 aliphatic carbocycles. The lowest BCUT2D eigenvalue weighted by molar-refractivity contribution is 0.595. The second-order valence-electron chi connectivity index (χ2n) is 5.13. The predicted octanol–water partition coefficient (Wildman–Crippen LogP) is 4.30. The Morgan fingerprint density at radius 2 is 1.76 bits per heavy atom. The number of hydrogen-bond acceptors (Lipinski definition) is 2. The third-order valence-corrected chi connectivity index (χ3v) is 5.82. The SMILES string of the molecule is Cc1cccc(NS(=O)(=O)CC(C)c2ccccc2)c1Br. The number of rotatable bonds is 5. The van der Waals surface area contributed by atoms with Crippen LogP contribution in [0, 0.1) is 6.92 Å². The zero-order valence-electron chi connectivity index (χ0n) is 12.0. The fraction of sp³-hybridized carbons (Fsp3) is 0.250. The number of aryl methyl sites for hydroxylation is 1. The molecule has 1 N–H and O–H groups in total. The van der Waals surface area contributed by atoms with Crippen molar-refractivity contribution in [3.63, 3.8) is 0 Å². The Kier molecular flexibility index (Phi) is 5.06. The Balaban J connectivity index is 2.14. The van der Waals surface area contributed by atoms with Crippen molar-refractivity contribution in [3.05, 3.63) is 64.1 Å². The van der Waals surface area contributed by atoms with Crippen molar-refractivity contribution >= 4 is 31.6 Å². The van der Waals surface area contributed by atoms with E-state index in [1.54, 1.807) is 6.07 Å². The number of benzene rings is 2. The monoisotopic (exact) mass is 367 g/mol. The number of halogens is 1. The third-order valence-electron chi connectivity index (χ3n) is 3.30. The van der Waals surface area contributed by atoms with Gasteiger partial charge in [0.1, 0.15) is 0 Å². The standard InChI is InChI=1S/C16H18BrNO2S/c1-12-7-6-10-15(16(12)17)18-21(19,20)11-13(2)14-8-4-3-5-9-14/h3-10,13,18H,11H2,1-2H3. The van der Waals surface area contributed by atoms with Crippen LogP contribution in [0.2, 0.25) is 0 Å². The molecule has 1 unspecified atom stereocenters. The zero-order valence-corrected chi connectivity index (χ0v) is 14.4. The average molecular weight is 368 g/mol. The van der Waals surface area contributed by atoms with Crippen molar-refractivity contribution in [3.8, 4) is 0 Å². The lowest BCUT2D eigenvalue weighted by atomic mass is 10.0. The molecule has 3 nitrogen and oxygen atoms in total. The van der Waals surface area contributed by atoms with Crippen molar-refractivity contribution in [2.24, 2.45) is 0 Å². The van der Waals surface area contributed by atoms with Crippen molar-refractivity contribution in [2.75, 3.05) is 10.5 Å². The summed E-state index contributed by atoms with van der Waals surface area (Å²) >= 11 is 3.42. The molecule has 2 aromatic rings. The van der Waals surface area contributed by atoms with Crippen LogP contribution in [0.5, 0.6) is 0 Å². The smallest absolute Gasteiger partial charge is 0.233 e. The van der Waals surface area contributed by atoms with Crippen molar-refractivity contribution in [2.45, 2.75) is 19.8 Å². The minimum absolute atomic E-state index is 0.0530. The maximum Gasteiger partial charge on any atom is 0.233 e. The van der Waals surface area contributed by atoms with Crippen LogP contribution >= 0.6 is 15.9 Å². The molecule has 5 heteroatoms. The van der Waals surface area contributed by atoms with Gasteiger partial charge >= 0.3 is 0 Å². The van der Waals surface area contributed by atoms with Gasteiger partial charge in [0.05, 0.1) is 11.4 Å². The maximum atomic E-state index is 12.3. The van der Waals surface area contributed by atoms with E-state index in [-0.39, 0.29) is 11.7 Å². The van der Waals surface area contributed by atoms with Gasteiger partial charge in [0.25, 0.3) is 0 Å². The van der Waals surface area contributed by atoms with E-state index in [1.807, 2.05) is 56.3 Å². The van der Waals surface area contributed by atoms with E-state index in [4.69, 9.17) is 0 Å². The predicted molar refractivity (Wildman–Crippen MR) is 91.1 cm³/mol. The summed E-state index contributed by atoms with van der Waals surface area (Å²) in [6.07, 6.45) is 0. The summed E-state index contributed by atoms with van der Waals surface area (Å²) in [6, 6.07) is 15.2. The first-order valence-corrected chi connectivity index (χ1v) is 9.14. The number of anilines is 1. The highest BCUT2D eigenvalue weighted by Gasteiger charge is 2.18. The Bertz CT molecular complexity index is 714. The van der Waals surface area contributed by atoms with E-state index >= 15 is 0 Å². The maximum absolute atomic E-state index is 12.3. The van der Waals surface area contributed by atoms with Gasteiger partial charge < -0.3 is 0 Å². The molecule has 112 valence electrons. The molecule has 0 heterocycles. The molecule has 0 bridgehead atoms. The highest BCUT2D eigenvalue weighted by atomic mass is 79.9. The number of hydrogen-bond donors (Lipinski definition) is 1. The second kappa shape index (κ2) is 6.62. The Labute approximate surface area is 134 Å². The summed E-state index contributed by atoms with van der Waals surface area (Å²) in [7, 11) is -3.40. The zero-order chi connectivity index (χ0) is 15.5. The molecule has 0 aliphatic rings. The first-order valence-electron chi connectivity index (χ1n) is 6.69. The molecule has 2 rings (SSSR count). The van der Waals surface area contributed by atoms with E-state index in [0.29, 0.717) is 5.69 Å². The molecule has 0 aromatic heterocycles. The van der Waals surface area contributed by atoms with Gasteiger partial charge in [0.2, 0.25) is 10.0 Å². The van der Waals surface area contributed by atoms with Crippen LogP contribution < -0.4 is 4.72 Å². The molecule has 0 radical (unpaired) electrons. The summed E-state index contributed by atoms with van der Waals surface area (Å²) in [5.74, 6) is -0.00973. The molecule has 21 heavy (non-hydrogen) atoms. The largest absolute Gasteiger partial charge is 0.282 e.